The Morgan fingerprint density at radius 3 is 1.64 bits per heavy atom. The SMILES string of the molecule is COC(=O)[C@H](Cc1ccccc1)NC(=O)C(C)(C)NC(=O)[C@H](CC(=O)NC(c1ccccc1)(c1ccccc1)c1ccccc1)NC(=O)[C@H](CC1CCCCC1)NC(=O)[C@H](Cc1cncn1C)NC(=O)OC(C)(C)C. The minimum atomic E-state index is -1.73. The number of hydrogen-bond donors (Lipinski definition) is 6. The van der Waals surface area contributed by atoms with Crippen LogP contribution in [0.25, 0.3) is 0 Å². The maximum absolute atomic E-state index is 15.0. The van der Waals surface area contributed by atoms with E-state index in [-0.39, 0.29) is 25.2 Å². The molecule has 1 aliphatic carbocycles. The van der Waals surface area contributed by atoms with Gasteiger partial charge in [0.15, 0.2) is 0 Å². The maximum atomic E-state index is 15.0. The average Bonchev–Trinajstić information content (AvgIpc) is 3.80. The number of hydrogen-bond acceptors (Lipinski definition) is 10. The summed E-state index contributed by atoms with van der Waals surface area (Å²) in [6.07, 6.45) is 6.40. The molecule has 1 heterocycles. The van der Waals surface area contributed by atoms with E-state index in [1.807, 2.05) is 97.1 Å². The zero-order valence-electron chi connectivity index (χ0n) is 44.0. The van der Waals surface area contributed by atoms with E-state index in [9.17, 15) is 24.0 Å². The number of alkyl carbamates (subject to hydrolysis) is 1. The van der Waals surface area contributed by atoms with Gasteiger partial charge in [0.1, 0.15) is 40.8 Å². The fraction of sp³-hybridized carbons (Fsp3) is 0.414. The van der Waals surface area contributed by atoms with Gasteiger partial charge in [0.2, 0.25) is 29.5 Å². The van der Waals surface area contributed by atoms with E-state index in [0.29, 0.717) is 22.4 Å². The van der Waals surface area contributed by atoms with E-state index >= 15 is 9.59 Å². The molecule has 398 valence electrons. The van der Waals surface area contributed by atoms with Crippen LogP contribution in [0.1, 0.15) is 108 Å². The Balaban J connectivity index is 1.35. The Bertz CT molecular complexity index is 2610. The van der Waals surface area contributed by atoms with Crippen molar-refractivity contribution in [3.05, 3.63) is 162 Å². The molecule has 6 amide bonds. The smallest absolute Gasteiger partial charge is 0.408 e. The summed E-state index contributed by atoms with van der Waals surface area (Å²) in [5, 5.41) is 17.1. The molecule has 4 aromatic carbocycles. The Hall–Kier alpha value is -7.82. The number of amides is 6. The van der Waals surface area contributed by atoms with Crippen LogP contribution in [0, 0.1) is 5.92 Å². The first-order chi connectivity index (χ1) is 35.8. The Labute approximate surface area is 439 Å². The van der Waals surface area contributed by atoms with E-state index in [1.54, 1.807) is 69.2 Å². The van der Waals surface area contributed by atoms with Crippen molar-refractivity contribution >= 4 is 41.6 Å². The van der Waals surface area contributed by atoms with Crippen molar-refractivity contribution in [2.24, 2.45) is 13.0 Å². The van der Waals surface area contributed by atoms with Crippen LogP contribution in [0.5, 0.6) is 0 Å². The molecule has 0 saturated heterocycles. The van der Waals surface area contributed by atoms with E-state index in [4.69, 9.17) is 9.47 Å². The van der Waals surface area contributed by atoms with Crippen LogP contribution in [-0.2, 0) is 63.7 Å². The van der Waals surface area contributed by atoms with Crippen LogP contribution in [0.4, 0.5) is 4.79 Å². The second-order valence-corrected chi connectivity index (χ2v) is 20.7. The fourth-order valence-electron chi connectivity index (χ4n) is 9.39. The number of aromatic nitrogens is 2. The van der Waals surface area contributed by atoms with E-state index < -0.39 is 88.9 Å². The summed E-state index contributed by atoms with van der Waals surface area (Å²) in [6, 6.07) is 31.9. The van der Waals surface area contributed by atoms with Crippen molar-refractivity contribution in [1.29, 1.82) is 0 Å². The first kappa shape index (κ1) is 56.5. The lowest BCUT2D eigenvalue weighted by atomic mass is 9.77. The summed E-state index contributed by atoms with van der Waals surface area (Å²) >= 11 is 0. The minimum absolute atomic E-state index is 0.00410. The molecule has 1 aromatic heterocycles. The number of nitrogens with zero attached hydrogens (tertiary/aromatic N) is 2. The molecule has 0 unspecified atom stereocenters. The predicted octanol–water partition coefficient (Wildman–Crippen LogP) is 6.09. The summed E-state index contributed by atoms with van der Waals surface area (Å²) in [4.78, 5) is 104. The topological polar surface area (TPSA) is 228 Å². The highest BCUT2D eigenvalue weighted by Crippen LogP contribution is 2.37. The predicted molar refractivity (Wildman–Crippen MR) is 283 cm³/mol. The molecule has 1 fully saturated rings. The summed E-state index contributed by atoms with van der Waals surface area (Å²) in [5.74, 6) is -4.43. The molecule has 0 bridgehead atoms. The van der Waals surface area contributed by atoms with Gasteiger partial charge in [-0.25, -0.2) is 14.6 Å². The second kappa shape index (κ2) is 25.9. The van der Waals surface area contributed by atoms with Gasteiger partial charge in [0.05, 0.1) is 19.9 Å². The minimum Gasteiger partial charge on any atom is -0.467 e. The molecule has 75 heavy (non-hydrogen) atoms. The zero-order chi connectivity index (χ0) is 54.2. The van der Waals surface area contributed by atoms with E-state index in [0.717, 1.165) is 37.7 Å². The number of imidazole rings is 1. The van der Waals surface area contributed by atoms with Crippen molar-refractivity contribution in [1.82, 2.24) is 41.5 Å². The fourth-order valence-corrected chi connectivity index (χ4v) is 9.39. The number of carbonyl (C=O) groups is 7. The van der Waals surface area contributed by atoms with Gasteiger partial charge in [-0.15, -0.1) is 0 Å². The highest BCUT2D eigenvalue weighted by molar-refractivity contribution is 5.99. The lowest BCUT2D eigenvalue weighted by Gasteiger charge is -2.37. The molecule has 5 aromatic rings. The average molecular weight is 1030 g/mol. The molecule has 0 aliphatic heterocycles. The highest BCUT2D eigenvalue weighted by Gasteiger charge is 2.41. The number of esters is 1. The summed E-state index contributed by atoms with van der Waals surface area (Å²) in [6.45, 7) is 7.97. The van der Waals surface area contributed by atoms with Crippen LogP contribution in [0.2, 0.25) is 0 Å². The molecule has 6 rings (SSSR count). The zero-order valence-corrected chi connectivity index (χ0v) is 44.0. The third-order valence-corrected chi connectivity index (χ3v) is 13.3. The van der Waals surface area contributed by atoms with Crippen LogP contribution < -0.4 is 31.9 Å². The molecule has 1 saturated carbocycles. The van der Waals surface area contributed by atoms with Crippen molar-refractivity contribution in [3.63, 3.8) is 0 Å². The molecule has 6 N–H and O–H groups in total. The van der Waals surface area contributed by atoms with Gasteiger partial charge < -0.3 is 45.9 Å². The lowest BCUT2D eigenvalue weighted by molar-refractivity contribution is -0.146. The molecule has 17 heteroatoms. The van der Waals surface area contributed by atoms with Crippen LogP contribution >= 0.6 is 0 Å². The van der Waals surface area contributed by atoms with Crippen molar-refractivity contribution in [2.75, 3.05) is 7.11 Å². The number of benzene rings is 4. The number of aryl methyl sites for hydroxylation is 1. The molecule has 0 radical (unpaired) electrons. The summed E-state index contributed by atoms with van der Waals surface area (Å²) < 4.78 is 12.3. The van der Waals surface area contributed by atoms with Crippen LogP contribution in [-0.4, -0.2) is 93.6 Å². The number of methoxy groups -OCH3 is 1. The summed E-state index contributed by atoms with van der Waals surface area (Å²) in [5.41, 5.74) is -0.408. The summed E-state index contributed by atoms with van der Waals surface area (Å²) in [7, 11) is 2.96. The second-order valence-electron chi connectivity index (χ2n) is 20.7. The molecular weight excluding hydrogens is 953 g/mol. The van der Waals surface area contributed by atoms with Gasteiger partial charge in [-0.05, 0) is 69.2 Å². The van der Waals surface area contributed by atoms with Gasteiger partial charge in [-0.1, -0.05) is 153 Å². The van der Waals surface area contributed by atoms with Crippen LogP contribution in [0.3, 0.4) is 0 Å². The molecule has 17 nitrogen and oxygen atoms in total. The van der Waals surface area contributed by atoms with Gasteiger partial charge in [-0.3, -0.25) is 24.0 Å². The molecule has 1 aliphatic rings. The van der Waals surface area contributed by atoms with Crippen molar-refractivity contribution < 1.29 is 43.0 Å². The molecule has 4 atom stereocenters. The number of nitrogens with one attached hydrogen (secondary N) is 6. The van der Waals surface area contributed by atoms with Crippen LogP contribution in [0.15, 0.2) is 134 Å². The quantitative estimate of drug-likeness (QED) is 0.0346. The Kier molecular flexibility index (Phi) is 19.5. The van der Waals surface area contributed by atoms with E-state index in [1.165, 1.54) is 21.0 Å². The third kappa shape index (κ3) is 15.8. The van der Waals surface area contributed by atoms with Gasteiger partial charge >= 0.3 is 12.1 Å². The van der Waals surface area contributed by atoms with Crippen molar-refractivity contribution in [2.45, 2.75) is 133 Å². The van der Waals surface area contributed by atoms with Gasteiger partial charge in [0.25, 0.3) is 0 Å². The van der Waals surface area contributed by atoms with E-state index in [2.05, 4.69) is 36.9 Å². The highest BCUT2D eigenvalue weighted by atomic mass is 16.6. The first-order valence-electron chi connectivity index (χ1n) is 25.6. The Morgan fingerprint density at radius 2 is 1.13 bits per heavy atom. The third-order valence-electron chi connectivity index (χ3n) is 13.3. The normalized spacial score (nSPS) is 14.7. The Morgan fingerprint density at radius 1 is 0.613 bits per heavy atom. The molecule has 0 spiro atoms. The van der Waals surface area contributed by atoms with Gasteiger partial charge in [-0.2, -0.15) is 0 Å². The number of ether oxygens (including phenoxy) is 2. The van der Waals surface area contributed by atoms with Gasteiger partial charge in [0, 0.05) is 31.8 Å². The first-order valence-corrected chi connectivity index (χ1v) is 25.6. The maximum Gasteiger partial charge on any atom is 0.408 e. The number of carbonyl (C=O) groups excluding carboxylic acids is 7. The largest absolute Gasteiger partial charge is 0.467 e. The number of rotatable bonds is 22. The monoisotopic (exact) mass is 1020 g/mol. The molecular formula is C58H72N8O9. The standard InChI is InChI=1S/C58H72N8O9/c1-56(2,3)75-55(73)63-46(35-44-37-59-38-66(44)6)51(69)60-45(33-39-23-13-8-14-24-39)50(68)61-47(52(70)65-57(4,5)54(72)62-48(53(71)74-7)34-40-25-15-9-16-26-40)36-49(67)64-58(41-27-17-10-18-28-41,42-29-19-11-20-30-42)43-31-21-12-22-32-43/h9-12,15-22,25-32,37-39,45-48H,8,13-14,23-24,33-36H2,1-7H3,(H,60,69)(H,61,68)(H,62,72)(H,63,73)(H,64,67)(H,65,70)/t45-,46-,47-,48-/m0/s1. The van der Waals surface area contributed by atoms with Crippen molar-refractivity contribution in [3.8, 4) is 0 Å². The lowest BCUT2D eigenvalue weighted by Crippen LogP contribution is -2.63.